The van der Waals surface area contributed by atoms with Crippen LogP contribution in [0.1, 0.15) is 5.69 Å². The Kier molecular flexibility index (Phi) is 4.95. The molecule has 1 aromatic heterocycles. The van der Waals surface area contributed by atoms with Crippen molar-refractivity contribution in [3.05, 3.63) is 51.7 Å². The van der Waals surface area contributed by atoms with Crippen molar-refractivity contribution in [2.24, 2.45) is 0 Å². The third kappa shape index (κ3) is 5.09. The quantitative estimate of drug-likeness (QED) is 0.748. The molecule has 0 amide bonds. The highest BCUT2D eigenvalue weighted by Crippen LogP contribution is 2.33. The first-order chi connectivity index (χ1) is 9.83. The van der Waals surface area contributed by atoms with Crippen LogP contribution in [0, 0.1) is 0 Å². The van der Waals surface area contributed by atoms with Gasteiger partial charge in [0, 0.05) is 11.2 Å². The van der Waals surface area contributed by atoms with Gasteiger partial charge in [0.1, 0.15) is 18.1 Å². The van der Waals surface area contributed by atoms with Crippen molar-refractivity contribution in [3.8, 4) is 11.5 Å². The molecular formula is C13H8BrClF3NO2. The zero-order valence-electron chi connectivity index (χ0n) is 10.3. The summed E-state index contributed by atoms with van der Waals surface area (Å²) < 4.78 is 45.8. The van der Waals surface area contributed by atoms with Gasteiger partial charge in [-0.1, -0.05) is 11.6 Å². The van der Waals surface area contributed by atoms with Crippen molar-refractivity contribution in [2.75, 3.05) is 0 Å². The summed E-state index contributed by atoms with van der Waals surface area (Å²) in [5.41, 5.74) is 0.606. The van der Waals surface area contributed by atoms with Crippen LogP contribution in [0.4, 0.5) is 13.2 Å². The molecule has 8 heteroatoms. The van der Waals surface area contributed by atoms with Crippen molar-refractivity contribution in [3.63, 3.8) is 0 Å². The number of hydrogen-bond acceptors (Lipinski definition) is 3. The Balaban J connectivity index is 2.03. The molecule has 0 saturated carbocycles. The fourth-order valence-corrected chi connectivity index (χ4v) is 2.08. The van der Waals surface area contributed by atoms with E-state index >= 15 is 0 Å². The molecule has 0 bridgehead atoms. The highest BCUT2D eigenvalue weighted by atomic mass is 79.9. The van der Waals surface area contributed by atoms with Crippen molar-refractivity contribution < 1.29 is 22.6 Å². The normalized spacial score (nSPS) is 11.3. The van der Waals surface area contributed by atoms with Gasteiger partial charge in [0.2, 0.25) is 0 Å². The van der Waals surface area contributed by atoms with Crippen LogP contribution < -0.4 is 9.47 Å². The van der Waals surface area contributed by atoms with Crippen LogP contribution in [0.15, 0.2) is 41.0 Å². The van der Waals surface area contributed by atoms with Crippen LogP contribution in [-0.2, 0) is 6.61 Å². The molecule has 2 aromatic rings. The minimum Gasteiger partial charge on any atom is -0.487 e. The summed E-state index contributed by atoms with van der Waals surface area (Å²) in [6.07, 6.45) is -3.20. The molecule has 0 N–H and O–H groups in total. The lowest BCUT2D eigenvalue weighted by molar-refractivity contribution is -0.274. The SMILES string of the molecule is FC(F)(F)Oc1ccc(OCc2cc(Cl)ccn2)cc1Br. The molecule has 1 aromatic carbocycles. The third-order valence-electron chi connectivity index (χ3n) is 2.29. The predicted octanol–water partition coefficient (Wildman–Crippen LogP) is 4.98. The maximum absolute atomic E-state index is 12.1. The first-order valence-corrected chi connectivity index (χ1v) is 6.79. The van der Waals surface area contributed by atoms with Crippen LogP contribution in [-0.4, -0.2) is 11.3 Å². The summed E-state index contributed by atoms with van der Waals surface area (Å²) in [6, 6.07) is 7.18. The standard InChI is InChI=1S/C13H8BrClF3NO2/c14-11-6-10(1-2-12(11)21-13(16,17)18)20-7-9-5-8(15)3-4-19-9/h1-6H,7H2. The summed E-state index contributed by atoms with van der Waals surface area (Å²) in [5.74, 6) is 0.0360. The van der Waals surface area contributed by atoms with Gasteiger partial charge in [0.25, 0.3) is 0 Å². The summed E-state index contributed by atoms with van der Waals surface area (Å²) >= 11 is 8.80. The average Bonchev–Trinajstić information content (AvgIpc) is 2.38. The minimum absolute atomic E-state index is 0.136. The summed E-state index contributed by atoms with van der Waals surface area (Å²) in [7, 11) is 0. The van der Waals surface area contributed by atoms with Gasteiger partial charge in [0.15, 0.2) is 0 Å². The number of ether oxygens (including phenoxy) is 2. The fourth-order valence-electron chi connectivity index (χ4n) is 1.46. The number of benzene rings is 1. The van der Waals surface area contributed by atoms with Gasteiger partial charge in [-0.25, -0.2) is 0 Å². The molecule has 1 heterocycles. The van der Waals surface area contributed by atoms with Crippen LogP contribution in [0.5, 0.6) is 11.5 Å². The van der Waals surface area contributed by atoms with Gasteiger partial charge < -0.3 is 9.47 Å². The van der Waals surface area contributed by atoms with E-state index in [2.05, 4.69) is 25.7 Å². The molecule has 0 unspecified atom stereocenters. The van der Waals surface area contributed by atoms with E-state index in [0.717, 1.165) is 6.07 Å². The lowest BCUT2D eigenvalue weighted by Crippen LogP contribution is -2.17. The Labute approximate surface area is 131 Å². The van der Waals surface area contributed by atoms with Gasteiger partial charge >= 0.3 is 6.36 Å². The van der Waals surface area contributed by atoms with E-state index in [-0.39, 0.29) is 16.8 Å². The van der Waals surface area contributed by atoms with E-state index in [1.54, 1.807) is 12.1 Å². The van der Waals surface area contributed by atoms with E-state index in [9.17, 15) is 13.2 Å². The molecule has 112 valence electrons. The molecule has 0 saturated heterocycles. The highest BCUT2D eigenvalue weighted by molar-refractivity contribution is 9.10. The van der Waals surface area contributed by atoms with Crippen molar-refractivity contribution >= 4 is 27.5 Å². The molecule has 0 radical (unpaired) electrons. The lowest BCUT2D eigenvalue weighted by Gasteiger charge is -2.12. The molecule has 21 heavy (non-hydrogen) atoms. The lowest BCUT2D eigenvalue weighted by atomic mass is 10.3. The molecule has 0 atom stereocenters. The Morgan fingerprint density at radius 3 is 2.57 bits per heavy atom. The number of halogens is 5. The van der Waals surface area contributed by atoms with E-state index in [4.69, 9.17) is 16.3 Å². The molecule has 2 rings (SSSR count). The van der Waals surface area contributed by atoms with E-state index in [1.165, 1.54) is 18.3 Å². The van der Waals surface area contributed by atoms with E-state index in [1.807, 2.05) is 0 Å². The monoisotopic (exact) mass is 381 g/mol. The van der Waals surface area contributed by atoms with Crippen molar-refractivity contribution in [2.45, 2.75) is 13.0 Å². The molecule has 0 aliphatic carbocycles. The first-order valence-electron chi connectivity index (χ1n) is 5.62. The van der Waals surface area contributed by atoms with Crippen molar-refractivity contribution in [1.82, 2.24) is 4.98 Å². The van der Waals surface area contributed by atoms with E-state index < -0.39 is 6.36 Å². The summed E-state index contributed by atoms with van der Waals surface area (Å²) in [6.45, 7) is 0.145. The molecule has 0 fully saturated rings. The smallest absolute Gasteiger partial charge is 0.487 e. The Hall–Kier alpha value is -1.47. The maximum atomic E-state index is 12.1. The van der Waals surface area contributed by atoms with E-state index in [0.29, 0.717) is 16.5 Å². The zero-order valence-corrected chi connectivity index (χ0v) is 12.7. The van der Waals surface area contributed by atoms with Crippen molar-refractivity contribution in [1.29, 1.82) is 0 Å². The van der Waals surface area contributed by atoms with Crippen LogP contribution in [0.25, 0.3) is 0 Å². The zero-order chi connectivity index (χ0) is 15.5. The highest BCUT2D eigenvalue weighted by Gasteiger charge is 2.31. The van der Waals surface area contributed by atoms with Gasteiger partial charge in [0.05, 0.1) is 10.2 Å². The number of aromatic nitrogens is 1. The van der Waals surface area contributed by atoms with Crippen LogP contribution in [0.2, 0.25) is 5.02 Å². The second-order valence-electron chi connectivity index (χ2n) is 3.89. The van der Waals surface area contributed by atoms with Gasteiger partial charge in [-0.3, -0.25) is 4.98 Å². The van der Waals surface area contributed by atoms with Gasteiger partial charge in [-0.05, 0) is 46.3 Å². The number of rotatable bonds is 4. The van der Waals surface area contributed by atoms with Gasteiger partial charge in [-0.15, -0.1) is 13.2 Å². The Morgan fingerprint density at radius 1 is 1.19 bits per heavy atom. The number of alkyl halides is 3. The molecule has 3 nitrogen and oxygen atoms in total. The Bertz CT molecular complexity index is 637. The number of nitrogens with zero attached hydrogens (tertiary/aromatic N) is 1. The predicted molar refractivity (Wildman–Crippen MR) is 74.4 cm³/mol. The molecule has 0 aliphatic rings. The third-order valence-corrected chi connectivity index (χ3v) is 3.15. The largest absolute Gasteiger partial charge is 0.573 e. The molecule has 0 aliphatic heterocycles. The second kappa shape index (κ2) is 6.53. The topological polar surface area (TPSA) is 31.4 Å². The molecular weight excluding hydrogens is 374 g/mol. The van der Waals surface area contributed by atoms with Crippen LogP contribution >= 0.6 is 27.5 Å². The number of pyridine rings is 1. The average molecular weight is 383 g/mol. The van der Waals surface area contributed by atoms with Crippen LogP contribution in [0.3, 0.4) is 0 Å². The summed E-state index contributed by atoms with van der Waals surface area (Å²) in [5, 5.41) is 0.527. The summed E-state index contributed by atoms with van der Waals surface area (Å²) in [4.78, 5) is 4.05. The Morgan fingerprint density at radius 2 is 1.95 bits per heavy atom. The van der Waals surface area contributed by atoms with Gasteiger partial charge in [-0.2, -0.15) is 0 Å². The minimum atomic E-state index is -4.74. The first kappa shape index (κ1) is 15.9. The fraction of sp³-hybridized carbons (Fsp3) is 0.154. The maximum Gasteiger partial charge on any atom is 0.573 e. The second-order valence-corrected chi connectivity index (χ2v) is 5.18. The number of hydrogen-bond donors (Lipinski definition) is 0. The molecule has 0 spiro atoms.